The van der Waals surface area contributed by atoms with E-state index in [-0.39, 0.29) is 17.1 Å². The van der Waals surface area contributed by atoms with Gasteiger partial charge in [-0.1, -0.05) is 30.3 Å². The first kappa shape index (κ1) is 28.2. The topological polar surface area (TPSA) is 121 Å². The Kier molecular flexibility index (Phi) is 9.07. The Morgan fingerprint density at radius 3 is 2.33 bits per heavy atom. The zero-order valence-electron chi connectivity index (χ0n) is 22.1. The van der Waals surface area contributed by atoms with Crippen LogP contribution in [0.4, 0.5) is 0 Å². The number of amides is 1. The number of rotatable bonds is 9. The number of aromatic nitrogens is 2. The SMILES string of the molecule is COc1ccc(C(=O)Oc2c(Br)cc(C=NNC(=O)c3cnc(-c4ccccc4)nc3C)cc2OC)cc1OC. The largest absolute Gasteiger partial charge is 0.493 e. The molecule has 10 nitrogen and oxygen atoms in total. The zero-order valence-corrected chi connectivity index (χ0v) is 23.7. The second kappa shape index (κ2) is 12.9. The number of nitrogens with zero attached hydrogens (tertiary/aromatic N) is 3. The van der Waals surface area contributed by atoms with Crippen LogP contribution in [0.3, 0.4) is 0 Å². The molecule has 0 unspecified atom stereocenters. The summed E-state index contributed by atoms with van der Waals surface area (Å²) in [6.07, 6.45) is 2.90. The molecule has 0 fully saturated rings. The zero-order chi connectivity index (χ0) is 28.6. The molecule has 204 valence electrons. The van der Waals surface area contributed by atoms with Gasteiger partial charge in [0.2, 0.25) is 0 Å². The van der Waals surface area contributed by atoms with E-state index < -0.39 is 11.9 Å². The van der Waals surface area contributed by atoms with Crippen LogP contribution in [0.25, 0.3) is 11.4 Å². The van der Waals surface area contributed by atoms with Crippen molar-refractivity contribution in [1.29, 1.82) is 0 Å². The van der Waals surface area contributed by atoms with Crippen LogP contribution in [0.15, 0.2) is 76.4 Å². The lowest BCUT2D eigenvalue weighted by molar-refractivity contribution is 0.0727. The van der Waals surface area contributed by atoms with Crippen LogP contribution in [0.5, 0.6) is 23.0 Å². The third-order valence-electron chi connectivity index (χ3n) is 5.70. The number of carbonyl (C=O) groups is 2. The second-order valence-corrected chi connectivity index (χ2v) is 9.11. The minimum absolute atomic E-state index is 0.176. The molecule has 0 bridgehead atoms. The molecule has 40 heavy (non-hydrogen) atoms. The second-order valence-electron chi connectivity index (χ2n) is 8.25. The maximum atomic E-state index is 12.8. The van der Waals surface area contributed by atoms with Crippen LogP contribution in [0.2, 0.25) is 0 Å². The summed E-state index contributed by atoms with van der Waals surface area (Å²) in [6, 6.07) is 17.5. The van der Waals surface area contributed by atoms with E-state index in [9.17, 15) is 9.59 Å². The molecule has 3 aromatic carbocycles. The highest BCUT2D eigenvalue weighted by Gasteiger charge is 2.19. The molecule has 0 aliphatic rings. The maximum Gasteiger partial charge on any atom is 0.343 e. The maximum absolute atomic E-state index is 12.8. The Bertz CT molecular complexity index is 1580. The smallest absolute Gasteiger partial charge is 0.343 e. The van der Waals surface area contributed by atoms with Crippen molar-refractivity contribution in [3.8, 4) is 34.4 Å². The Hall–Kier alpha value is -4.77. The van der Waals surface area contributed by atoms with Gasteiger partial charge < -0.3 is 18.9 Å². The number of aryl methyl sites for hydroxylation is 1. The summed E-state index contributed by atoms with van der Waals surface area (Å²) in [5.41, 5.74) is 4.99. The monoisotopic (exact) mass is 604 g/mol. The third-order valence-corrected chi connectivity index (χ3v) is 6.29. The van der Waals surface area contributed by atoms with Gasteiger partial charge in [-0.25, -0.2) is 20.2 Å². The molecule has 4 rings (SSSR count). The highest BCUT2D eigenvalue weighted by atomic mass is 79.9. The van der Waals surface area contributed by atoms with Gasteiger partial charge in [-0.15, -0.1) is 0 Å². The van der Waals surface area contributed by atoms with Crippen molar-refractivity contribution >= 4 is 34.0 Å². The molecule has 1 heterocycles. The number of hydrogen-bond acceptors (Lipinski definition) is 9. The van der Waals surface area contributed by atoms with Crippen LogP contribution in [0, 0.1) is 6.92 Å². The quantitative estimate of drug-likeness (QED) is 0.119. The first-order chi connectivity index (χ1) is 19.3. The number of hydrogen-bond donors (Lipinski definition) is 1. The van der Waals surface area contributed by atoms with Gasteiger partial charge in [-0.2, -0.15) is 5.10 Å². The summed E-state index contributed by atoms with van der Waals surface area (Å²) >= 11 is 3.42. The number of ether oxygens (including phenoxy) is 4. The lowest BCUT2D eigenvalue weighted by atomic mass is 10.2. The minimum Gasteiger partial charge on any atom is -0.493 e. The van der Waals surface area contributed by atoms with E-state index >= 15 is 0 Å². The highest BCUT2D eigenvalue weighted by molar-refractivity contribution is 9.10. The molecule has 0 atom stereocenters. The van der Waals surface area contributed by atoms with E-state index in [0.717, 1.165) is 5.56 Å². The molecule has 1 N–H and O–H groups in total. The molecule has 1 aromatic heterocycles. The van der Waals surface area contributed by atoms with Gasteiger partial charge in [-0.3, -0.25) is 4.79 Å². The Morgan fingerprint density at radius 1 is 0.925 bits per heavy atom. The van der Waals surface area contributed by atoms with Crippen molar-refractivity contribution < 1.29 is 28.5 Å². The van der Waals surface area contributed by atoms with Gasteiger partial charge in [-0.05, 0) is 58.7 Å². The van der Waals surface area contributed by atoms with Crippen molar-refractivity contribution in [2.75, 3.05) is 21.3 Å². The van der Waals surface area contributed by atoms with Crippen molar-refractivity contribution in [1.82, 2.24) is 15.4 Å². The predicted octanol–water partition coefficient (Wildman–Crippen LogP) is 5.22. The molecule has 0 aliphatic carbocycles. The van der Waals surface area contributed by atoms with E-state index in [1.807, 2.05) is 30.3 Å². The Morgan fingerprint density at radius 2 is 1.65 bits per heavy atom. The van der Waals surface area contributed by atoms with Crippen molar-refractivity contribution in [3.63, 3.8) is 0 Å². The van der Waals surface area contributed by atoms with Crippen molar-refractivity contribution in [2.45, 2.75) is 6.92 Å². The average Bonchev–Trinajstić information content (AvgIpc) is 2.98. The van der Waals surface area contributed by atoms with Gasteiger partial charge >= 0.3 is 5.97 Å². The molecular weight excluding hydrogens is 580 g/mol. The first-order valence-corrected chi connectivity index (χ1v) is 12.7. The van der Waals surface area contributed by atoms with Crippen LogP contribution in [0.1, 0.15) is 32.0 Å². The summed E-state index contributed by atoms with van der Waals surface area (Å²) < 4.78 is 21.9. The fourth-order valence-corrected chi connectivity index (χ4v) is 4.21. The summed E-state index contributed by atoms with van der Waals surface area (Å²) in [7, 11) is 4.43. The number of methoxy groups -OCH3 is 3. The van der Waals surface area contributed by atoms with Gasteiger partial charge in [0.15, 0.2) is 28.8 Å². The summed E-state index contributed by atoms with van der Waals surface area (Å²) in [5, 5.41) is 4.04. The molecule has 11 heteroatoms. The fraction of sp³-hybridized carbons (Fsp3) is 0.138. The van der Waals surface area contributed by atoms with E-state index in [1.54, 1.807) is 31.2 Å². The highest BCUT2D eigenvalue weighted by Crippen LogP contribution is 2.37. The van der Waals surface area contributed by atoms with E-state index in [0.29, 0.717) is 38.6 Å². The number of esters is 1. The molecule has 4 aromatic rings. The molecule has 0 spiro atoms. The number of benzene rings is 3. The first-order valence-electron chi connectivity index (χ1n) is 11.9. The lowest BCUT2D eigenvalue weighted by Gasteiger charge is -2.13. The lowest BCUT2D eigenvalue weighted by Crippen LogP contribution is -2.20. The van der Waals surface area contributed by atoms with Crippen LogP contribution in [-0.2, 0) is 0 Å². The molecule has 0 aliphatic heterocycles. The molecule has 0 saturated carbocycles. The number of hydrazone groups is 1. The Balaban J connectivity index is 1.46. The molecule has 0 radical (unpaired) electrons. The van der Waals surface area contributed by atoms with E-state index in [4.69, 9.17) is 18.9 Å². The Labute approximate surface area is 239 Å². The fourth-order valence-electron chi connectivity index (χ4n) is 3.67. The third kappa shape index (κ3) is 6.44. The van der Waals surface area contributed by atoms with E-state index in [1.165, 1.54) is 39.8 Å². The van der Waals surface area contributed by atoms with Gasteiger partial charge in [0.25, 0.3) is 5.91 Å². The minimum atomic E-state index is -0.621. The molecule has 0 saturated heterocycles. The van der Waals surface area contributed by atoms with Crippen molar-refractivity contribution in [3.05, 3.63) is 93.7 Å². The molecule has 1 amide bonds. The van der Waals surface area contributed by atoms with Crippen molar-refractivity contribution in [2.24, 2.45) is 5.10 Å². The molecular formula is C29H25BrN4O6. The summed E-state index contributed by atoms with van der Waals surface area (Å²) in [4.78, 5) is 34.2. The normalized spacial score (nSPS) is 10.7. The van der Waals surface area contributed by atoms with Crippen LogP contribution < -0.4 is 24.4 Å². The van der Waals surface area contributed by atoms with Crippen LogP contribution in [-0.4, -0.2) is 49.4 Å². The standard InChI is InChI=1S/C29H25BrN4O6/c1-17-21(16-31-27(33-17)19-8-6-5-7-9-19)28(35)34-32-15-18-12-22(30)26(25(13-18)39-4)40-29(36)20-10-11-23(37-2)24(14-20)38-3/h5-16H,1-4H3,(H,34,35). The van der Waals surface area contributed by atoms with Gasteiger partial charge in [0.05, 0.1) is 48.8 Å². The van der Waals surface area contributed by atoms with Gasteiger partial charge in [0, 0.05) is 11.8 Å². The summed E-state index contributed by atoms with van der Waals surface area (Å²) in [6.45, 7) is 1.73. The number of halogens is 1. The van der Waals surface area contributed by atoms with Gasteiger partial charge in [0.1, 0.15) is 0 Å². The summed E-state index contributed by atoms with van der Waals surface area (Å²) in [5.74, 6) is 0.781. The average molecular weight is 605 g/mol. The predicted molar refractivity (Wildman–Crippen MR) is 152 cm³/mol. The van der Waals surface area contributed by atoms with Crippen LogP contribution >= 0.6 is 15.9 Å². The number of carbonyl (C=O) groups excluding carboxylic acids is 2. The van der Waals surface area contributed by atoms with E-state index in [2.05, 4.69) is 36.4 Å². The number of nitrogens with one attached hydrogen (secondary N) is 1.